The number of amides is 1. The van der Waals surface area contributed by atoms with Crippen molar-refractivity contribution < 1.29 is 14.3 Å². The standard InChI is InChI=1S/C20H18N4O3S/c1-11(25)14-9-8-13-16(12-6-4-5-7-15(12)27-17(13)22-14)20(2,3)18(26)23-19-24-21-10-28-19/h4-10,16H,1-3H3,(H,23,24,26)/t16-/m0/s1. The van der Waals surface area contributed by atoms with Crippen LogP contribution in [-0.2, 0) is 4.79 Å². The summed E-state index contributed by atoms with van der Waals surface area (Å²) >= 11 is 1.26. The molecule has 0 saturated heterocycles. The zero-order valence-corrected chi connectivity index (χ0v) is 16.4. The molecule has 1 N–H and O–H groups in total. The van der Waals surface area contributed by atoms with E-state index < -0.39 is 5.41 Å². The number of carbonyl (C=O) groups excluding carboxylic acids is 2. The molecule has 1 aromatic carbocycles. The first-order chi connectivity index (χ1) is 13.4. The quantitative estimate of drug-likeness (QED) is 0.671. The van der Waals surface area contributed by atoms with Crippen LogP contribution in [0.1, 0.15) is 48.3 Å². The second-order valence-corrected chi connectivity index (χ2v) is 7.97. The van der Waals surface area contributed by atoms with Crippen molar-refractivity contribution in [1.29, 1.82) is 0 Å². The predicted molar refractivity (Wildman–Crippen MR) is 105 cm³/mol. The second-order valence-electron chi connectivity index (χ2n) is 7.14. The van der Waals surface area contributed by atoms with Crippen molar-refractivity contribution in [2.24, 2.45) is 5.41 Å². The van der Waals surface area contributed by atoms with E-state index in [-0.39, 0.29) is 17.6 Å². The fraction of sp³-hybridized carbons (Fsp3) is 0.250. The maximum Gasteiger partial charge on any atom is 0.232 e. The van der Waals surface area contributed by atoms with Crippen molar-refractivity contribution in [2.45, 2.75) is 26.7 Å². The van der Waals surface area contributed by atoms with Crippen molar-refractivity contribution in [1.82, 2.24) is 15.2 Å². The van der Waals surface area contributed by atoms with Crippen LogP contribution in [0.3, 0.4) is 0 Å². The van der Waals surface area contributed by atoms with Crippen LogP contribution in [0.5, 0.6) is 11.6 Å². The predicted octanol–water partition coefficient (Wildman–Crippen LogP) is 4.04. The van der Waals surface area contributed by atoms with Crippen LogP contribution in [0, 0.1) is 5.41 Å². The summed E-state index contributed by atoms with van der Waals surface area (Å²) in [5.74, 6) is 0.342. The molecule has 0 saturated carbocycles. The van der Waals surface area contributed by atoms with Gasteiger partial charge >= 0.3 is 0 Å². The Bertz CT molecular complexity index is 1060. The highest BCUT2D eigenvalue weighted by Gasteiger charge is 2.44. The van der Waals surface area contributed by atoms with Crippen LogP contribution in [0.15, 0.2) is 41.9 Å². The van der Waals surface area contributed by atoms with Gasteiger partial charge in [-0.3, -0.25) is 9.59 Å². The van der Waals surface area contributed by atoms with Gasteiger partial charge < -0.3 is 10.1 Å². The van der Waals surface area contributed by atoms with Gasteiger partial charge in [-0.25, -0.2) is 4.98 Å². The number of fused-ring (bicyclic) bond motifs is 2. The number of hydrogen-bond donors (Lipinski definition) is 1. The van der Waals surface area contributed by atoms with Gasteiger partial charge in [0, 0.05) is 24.0 Å². The Kier molecular flexibility index (Phi) is 4.43. The van der Waals surface area contributed by atoms with E-state index in [1.165, 1.54) is 18.3 Å². The Balaban J connectivity index is 1.81. The molecule has 0 radical (unpaired) electrons. The summed E-state index contributed by atoms with van der Waals surface area (Å²) in [5.41, 5.74) is 2.70. The van der Waals surface area contributed by atoms with Gasteiger partial charge in [0.25, 0.3) is 0 Å². The molecule has 0 bridgehead atoms. The first-order valence-electron chi connectivity index (χ1n) is 8.74. The summed E-state index contributed by atoms with van der Waals surface area (Å²) in [6, 6.07) is 11.1. The largest absolute Gasteiger partial charge is 0.438 e. The van der Waals surface area contributed by atoms with Gasteiger partial charge in [0.1, 0.15) is 17.0 Å². The minimum absolute atomic E-state index is 0.143. The molecular formula is C20H18N4O3S. The number of ketones is 1. The number of carbonyl (C=O) groups is 2. The molecule has 0 spiro atoms. The normalized spacial score (nSPS) is 15.2. The molecule has 1 aliphatic rings. The zero-order chi connectivity index (χ0) is 19.9. The van der Waals surface area contributed by atoms with Gasteiger partial charge in [-0.05, 0) is 12.1 Å². The third-order valence-electron chi connectivity index (χ3n) is 4.89. The fourth-order valence-corrected chi connectivity index (χ4v) is 3.87. The Hall–Kier alpha value is -3.13. The van der Waals surface area contributed by atoms with Crippen molar-refractivity contribution in [3.8, 4) is 11.6 Å². The summed E-state index contributed by atoms with van der Waals surface area (Å²) in [7, 11) is 0. The molecule has 1 amide bonds. The third kappa shape index (κ3) is 3.05. The molecule has 0 aliphatic carbocycles. The van der Waals surface area contributed by atoms with Crippen LogP contribution in [0.2, 0.25) is 0 Å². The van der Waals surface area contributed by atoms with Crippen LogP contribution in [-0.4, -0.2) is 26.9 Å². The third-order valence-corrected chi connectivity index (χ3v) is 5.49. The van der Waals surface area contributed by atoms with E-state index in [4.69, 9.17) is 4.74 Å². The molecule has 8 heteroatoms. The summed E-state index contributed by atoms with van der Waals surface area (Å²) in [6.45, 7) is 5.21. The van der Waals surface area contributed by atoms with Gasteiger partial charge in [0.2, 0.25) is 16.9 Å². The van der Waals surface area contributed by atoms with Gasteiger partial charge in [-0.2, -0.15) is 0 Å². The molecule has 3 heterocycles. The van der Waals surface area contributed by atoms with E-state index >= 15 is 0 Å². The minimum Gasteiger partial charge on any atom is -0.438 e. The van der Waals surface area contributed by atoms with Gasteiger partial charge in [-0.15, -0.1) is 10.2 Å². The number of anilines is 1. The van der Waals surface area contributed by atoms with Gasteiger partial charge in [-0.1, -0.05) is 49.4 Å². The van der Waals surface area contributed by atoms with E-state index in [9.17, 15) is 9.59 Å². The monoisotopic (exact) mass is 394 g/mol. The number of hydrogen-bond acceptors (Lipinski definition) is 7. The van der Waals surface area contributed by atoms with E-state index in [0.717, 1.165) is 11.1 Å². The smallest absolute Gasteiger partial charge is 0.232 e. The second kappa shape index (κ2) is 6.79. The highest BCUT2D eigenvalue weighted by atomic mass is 32.1. The van der Waals surface area contributed by atoms with Crippen molar-refractivity contribution in [3.05, 3.63) is 58.7 Å². The van der Waals surface area contributed by atoms with Crippen molar-refractivity contribution >= 4 is 28.2 Å². The maximum atomic E-state index is 13.1. The van der Waals surface area contributed by atoms with Crippen molar-refractivity contribution in [2.75, 3.05) is 5.32 Å². The lowest BCUT2D eigenvalue weighted by atomic mass is 9.69. The molecule has 2 aromatic heterocycles. The zero-order valence-electron chi connectivity index (χ0n) is 15.6. The number of rotatable bonds is 4. The summed E-state index contributed by atoms with van der Waals surface area (Å²) in [6.07, 6.45) is 0. The van der Waals surface area contributed by atoms with Crippen LogP contribution < -0.4 is 10.1 Å². The minimum atomic E-state index is -0.847. The van der Waals surface area contributed by atoms with Crippen LogP contribution >= 0.6 is 11.3 Å². The lowest BCUT2D eigenvalue weighted by Gasteiger charge is -2.37. The Morgan fingerprint density at radius 1 is 1.14 bits per heavy atom. The maximum absolute atomic E-state index is 13.1. The van der Waals surface area contributed by atoms with Crippen LogP contribution in [0.4, 0.5) is 5.13 Å². The highest BCUT2D eigenvalue weighted by Crippen LogP contribution is 2.51. The molecular weight excluding hydrogens is 376 g/mol. The number of aromatic nitrogens is 3. The lowest BCUT2D eigenvalue weighted by molar-refractivity contribution is -0.124. The molecule has 1 atom stereocenters. The Labute approximate surface area is 165 Å². The molecule has 3 aromatic rings. The SMILES string of the molecule is CC(=O)c1ccc2c(n1)Oc1ccccc1[C@@H]2C(C)(C)C(=O)Nc1nncs1. The van der Waals surface area contributed by atoms with E-state index in [0.29, 0.717) is 22.5 Å². The first kappa shape index (κ1) is 18.2. The number of nitrogens with zero attached hydrogens (tertiary/aromatic N) is 3. The van der Waals surface area contributed by atoms with E-state index in [2.05, 4.69) is 20.5 Å². The van der Waals surface area contributed by atoms with E-state index in [1.807, 2.05) is 44.2 Å². The van der Waals surface area contributed by atoms with Crippen molar-refractivity contribution in [3.63, 3.8) is 0 Å². The topological polar surface area (TPSA) is 94.1 Å². The number of benzene rings is 1. The molecule has 4 rings (SSSR count). The fourth-order valence-electron chi connectivity index (χ4n) is 3.43. The Morgan fingerprint density at radius 2 is 1.93 bits per heavy atom. The number of para-hydroxylation sites is 1. The summed E-state index contributed by atoms with van der Waals surface area (Å²) < 4.78 is 5.96. The molecule has 28 heavy (non-hydrogen) atoms. The first-order valence-corrected chi connectivity index (χ1v) is 9.62. The van der Waals surface area contributed by atoms with Gasteiger partial charge in [0.15, 0.2) is 5.78 Å². The number of ether oxygens (including phenoxy) is 1. The average Bonchev–Trinajstić information content (AvgIpc) is 3.18. The Morgan fingerprint density at radius 3 is 2.64 bits per heavy atom. The molecule has 7 nitrogen and oxygen atoms in total. The number of nitrogens with one attached hydrogen (secondary N) is 1. The van der Waals surface area contributed by atoms with E-state index in [1.54, 1.807) is 11.6 Å². The molecule has 142 valence electrons. The lowest BCUT2D eigenvalue weighted by Crippen LogP contribution is -2.38. The average molecular weight is 394 g/mol. The molecule has 0 fully saturated rings. The number of Topliss-reactive ketones (excluding diaryl/α,β-unsaturated/α-hetero) is 1. The van der Waals surface area contributed by atoms with Gasteiger partial charge in [0.05, 0.1) is 5.41 Å². The molecule has 0 unspecified atom stereocenters. The van der Waals surface area contributed by atoms with Crippen LogP contribution in [0.25, 0.3) is 0 Å². The summed E-state index contributed by atoms with van der Waals surface area (Å²) in [4.78, 5) is 29.3. The molecule has 1 aliphatic heterocycles. The highest BCUT2D eigenvalue weighted by molar-refractivity contribution is 7.13. The number of pyridine rings is 1. The summed E-state index contributed by atoms with van der Waals surface area (Å²) in [5, 5.41) is 10.9.